The summed E-state index contributed by atoms with van der Waals surface area (Å²) in [4.78, 5) is 4.08. The molecule has 0 spiro atoms. The van der Waals surface area contributed by atoms with Gasteiger partial charge in [-0.2, -0.15) is 0 Å². The van der Waals surface area contributed by atoms with Gasteiger partial charge in [0.1, 0.15) is 0 Å². The van der Waals surface area contributed by atoms with Gasteiger partial charge in [0, 0.05) is 17.0 Å². The number of hydrogen-bond acceptors (Lipinski definition) is 2. The third kappa shape index (κ3) is 1.60. The molecule has 0 aliphatic heterocycles. The van der Waals surface area contributed by atoms with Crippen molar-refractivity contribution in [2.45, 2.75) is 13.8 Å². The van der Waals surface area contributed by atoms with E-state index in [1.54, 1.807) is 6.20 Å². The van der Waals surface area contributed by atoms with Gasteiger partial charge in [-0.3, -0.25) is 0 Å². The SMILES string of the molecule is Cc1ncc(-c2cccc(Br)c2C)o1. The van der Waals surface area contributed by atoms with E-state index in [0.29, 0.717) is 5.89 Å². The van der Waals surface area contributed by atoms with Crippen LogP contribution in [-0.4, -0.2) is 4.98 Å². The molecule has 0 aliphatic rings. The molecule has 3 heteroatoms. The van der Waals surface area contributed by atoms with E-state index in [4.69, 9.17) is 4.42 Å². The molecule has 0 fully saturated rings. The lowest BCUT2D eigenvalue weighted by Crippen LogP contribution is -1.81. The molecule has 0 N–H and O–H groups in total. The summed E-state index contributed by atoms with van der Waals surface area (Å²) in [6, 6.07) is 6.03. The Morgan fingerprint density at radius 2 is 2.07 bits per heavy atom. The van der Waals surface area contributed by atoms with Crippen LogP contribution in [0.2, 0.25) is 0 Å². The number of aryl methyl sites for hydroxylation is 1. The Kier molecular flexibility index (Phi) is 2.42. The lowest BCUT2D eigenvalue weighted by atomic mass is 10.1. The van der Waals surface area contributed by atoms with Crippen LogP contribution in [0.1, 0.15) is 11.5 Å². The molecule has 0 unspecified atom stereocenters. The van der Waals surface area contributed by atoms with Crippen molar-refractivity contribution in [1.82, 2.24) is 4.98 Å². The number of benzene rings is 1. The highest BCUT2D eigenvalue weighted by atomic mass is 79.9. The van der Waals surface area contributed by atoms with Crippen molar-refractivity contribution in [3.05, 3.63) is 40.3 Å². The van der Waals surface area contributed by atoms with Gasteiger partial charge in [0.25, 0.3) is 0 Å². The van der Waals surface area contributed by atoms with Crippen LogP contribution in [-0.2, 0) is 0 Å². The first-order valence-electron chi connectivity index (χ1n) is 4.36. The van der Waals surface area contributed by atoms with Gasteiger partial charge in [0.2, 0.25) is 0 Å². The molecule has 2 rings (SSSR count). The van der Waals surface area contributed by atoms with Gasteiger partial charge in [0.05, 0.1) is 6.20 Å². The highest BCUT2D eigenvalue weighted by molar-refractivity contribution is 9.10. The number of aromatic nitrogens is 1. The van der Waals surface area contributed by atoms with E-state index >= 15 is 0 Å². The van der Waals surface area contributed by atoms with E-state index in [2.05, 4.69) is 27.8 Å². The number of halogens is 1. The summed E-state index contributed by atoms with van der Waals surface area (Å²) in [6.45, 7) is 3.90. The van der Waals surface area contributed by atoms with Crippen molar-refractivity contribution >= 4 is 15.9 Å². The van der Waals surface area contributed by atoms with Gasteiger partial charge in [-0.15, -0.1) is 0 Å². The molecular formula is C11H10BrNO. The van der Waals surface area contributed by atoms with Crippen LogP contribution in [0.25, 0.3) is 11.3 Å². The van der Waals surface area contributed by atoms with Gasteiger partial charge in [-0.25, -0.2) is 4.98 Å². The van der Waals surface area contributed by atoms with Crippen molar-refractivity contribution in [2.75, 3.05) is 0 Å². The predicted molar refractivity (Wildman–Crippen MR) is 59.1 cm³/mol. The van der Waals surface area contributed by atoms with Crippen molar-refractivity contribution in [1.29, 1.82) is 0 Å². The molecule has 2 nitrogen and oxygen atoms in total. The van der Waals surface area contributed by atoms with E-state index in [9.17, 15) is 0 Å². The first-order chi connectivity index (χ1) is 6.68. The molecular weight excluding hydrogens is 242 g/mol. The maximum absolute atomic E-state index is 5.47. The van der Waals surface area contributed by atoms with Crippen LogP contribution in [0.4, 0.5) is 0 Å². The minimum absolute atomic E-state index is 0.694. The Labute approximate surface area is 91.1 Å². The Balaban J connectivity index is 2.57. The molecule has 72 valence electrons. The molecule has 1 aromatic carbocycles. The zero-order chi connectivity index (χ0) is 10.1. The monoisotopic (exact) mass is 251 g/mol. The zero-order valence-electron chi connectivity index (χ0n) is 8.04. The van der Waals surface area contributed by atoms with Crippen LogP contribution >= 0.6 is 15.9 Å². The van der Waals surface area contributed by atoms with E-state index in [-0.39, 0.29) is 0 Å². The third-order valence-electron chi connectivity index (χ3n) is 2.15. The van der Waals surface area contributed by atoms with Crippen LogP contribution in [0.3, 0.4) is 0 Å². The van der Waals surface area contributed by atoms with Crippen LogP contribution < -0.4 is 0 Å². The second-order valence-corrected chi connectivity index (χ2v) is 4.01. The maximum Gasteiger partial charge on any atom is 0.191 e. The molecule has 0 bridgehead atoms. The van der Waals surface area contributed by atoms with Gasteiger partial charge < -0.3 is 4.42 Å². The minimum Gasteiger partial charge on any atom is -0.441 e. The predicted octanol–water partition coefficient (Wildman–Crippen LogP) is 3.72. The first kappa shape index (κ1) is 9.46. The van der Waals surface area contributed by atoms with Crippen LogP contribution in [0.5, 0.6) is 0 Å². The van der Waals surface area contributed by atoms with Crippen molar-refractivity contribution in [3.8, 4) is 11.3 Å². The van der Waals surface area contributed by atoms with Crippen molar-refractivity contribution in [2.24, 2.45) is 0 Å². The summed E-state index contributed by atoms with van der Waals surface area (Å²) in [7, 11) is 0. The Morgan fingerprint density at radius 3 is 2.71 bits per heavy atom. The fourth-order valence-corrected chi connectivity index (χ4v) is 1.73. The molecule has 0 saturated carbocycles. The summed E-state index contributed by atoms with van der Waals surface area (Å²) in [6.07, 6.45) is 1.75. The third-order valence-corrected chi connectivity index (χ3v) is 3.01. The molecule has 0 amide bonds. The summed E-state index contributed by atoms with van der Waals surface area (Å²) in [5, 5.41) is 0. The molecule has 0 atom stereocenters. The van der Waals surface area contributed by atoms with Crippen LogP contribution in [0, 0.1) is 13.8 Å². The highest BCUT2D eigenvalue weighted by Crippen LogP contribution is 2.28. The van der Waals surface area contributed by atoms with E-state index in [0.717, 1.165) is 15.8 Å². The number of rotatable bonds is 1. The smallest absolute Gasteiger partial charge is 0.191 e. The molecule has 2 aromatic rings. The molecule has 0 saturated heterocycles. The largest absolute Gasteiger partial charge is 0.441 e. The van der Waals surface area contributed by atoms with Crippen LogP contribution in [0.15, 0.2) is 33.3 Å². The Morgan fingerprint density at radius 1 is 1.29 bits per heavy atom. The average Bonchev–Trinajstić information content (AvgIpc) is 2.57. The second-order valence-electron chi connectivity index (χ2n) is 3.16. The number of nitrogens with zero attached hydrogens (tertiary/aromatic N) is 1. The van der Waals surface area contributed by atoms with E-state index in [1.807, 2.05) is 25.1 Å². The Hall–Kier alpha value is -1.09. The molecule has 1 heterocycles. The second kappa shape index (κ2) is 3.58. The number of hydrogen-bond donors (Lipinski definition) is 0. The summed E-state index contributed by atoms with van der Waals surface area (Å²) in [5.41, 5.74) is 2.25. The highest BCUT2D eigenvalue weighted by Gasteiger charge is 2.08. The van der Waals surface area contributed by atoms with E-state index in [1.165, 1.54) is 5.56 Å². The Bertz CT molecular complexity index is 462. The van der Waals surface area contributed by atoms with Gasteiger partial charge in [-0.1, -0.05) is 28.1 Å². The summed E-state index contributed by atoms with van der Waals surface area (Å²) in [5.74, 6) is 1.51. The summed E-state index contributed by atoms with van der Waals surface area (Å²) >= 11 is 3.49. The standard InChI is InChI=1S/C11H10BrNO/c1-7-9(4-3-5-10(7)12)11-6-13-8(2)14-11/h3-6H,1-2H3. The average molecular weight is 252 g/mol. The van der Waals surface area contributed by atoms with Crippen molar-refractivity contribution in [3.63, 3.8) is 0 Å². The topological polar surface area (TPSA) is 26.0 Å². The quantitative estimate of drug-likeness (QED) is 0.773. The summed E-state index contributed by atoms with van der Waals surface area (Å²) < 4.78 is 6.56. The lowest BCUT2D eigenvalue weighted by molar-refractivity contribution is 0.534. The molecule has 1 aromatic heterocycles. The maximum atomic E-state index is 5.47. The van der Waals surface area contributed by atoms with Gasteiger partial charge in [0.15, 0.2) is 11.7 Å². The minimum atomic E-state index is 0.694. The fraction of sp³-hybridized carbons (Fsp3) is 0.182. The molecule has 14 heavy (non-hydrogen) atoms. The fourth-order valence-electron chi connectivity index (χ4n) is 1.36. The zero-order valence-corrected chi connectivity index (χ0v) is 9.63. The van der Waals surface area contributed by atoms with Crippen molar-refractivity contribution < 1.29 is 4.42 Å². The van der Waals surface area contributed by atoms with E-state index < -0.39 is 0 Å². The molecule has 0 radical (unpaired) electrons. The number of oxazole rings is 1. The van der Waals surface area contributed by atoms with Gasteiger partial charge in [-0.05, 0) is 18.6 Å². The first-order valence-corrected chi connectivity index (χ1v) is 5.15. The normalized spacial score (nSPS) is 10.5. The molecule has 0 aliphatic carbocycles. The lowest BCUT2D eigenvalue weighted by Gasteiger charge is -2.03. The van der Waals surface area contributed by atoms with Gasteiger partial charge >= 0.3 is 0 Å².